The van der Waals surface area contributed by atoms with Gasteiger partial charge in [-0.15, -0.1) is 0 Å². The molecule has 2 rings (SSSR count). The van der Waals surface area contributed by atoms with E-state index in [9.17, 15) is 18.0 Å². The Balaban J connectivity index is 2.25. The Bertz CT molecular complexity index is 1050. The molecule has 8 heteroatoms. The Morgan fingerprint density at radius 1 is 1.06 bits per heavy atom. The van der Waals surface area contributed by atoms with Gasteiger partial charge in [0, 0.05) is 5.69 Å². The van der Waals surface area contributed by atoms with Gasteiger partial charge in [-0.3, -0.25) is 9.10 Å². The summed E-state index contributed by atoms with van der Waals surface area (Å²) in [6.45, 7) is 9.54. The molecule has 0 atom stereocenters. The van der Waals surface area contributed by atoms with Crippen LogP contribution in [0.1, 0.15) is 49.2 Å². The van der Waals surface area contributed by atoms with E-state index in [1.54, 1.807) is 38.1 Å². The van der Waals surface area contributed by atoms with Crippen molar-refractivity contribution in [3.63, 3.8) is 0 Å². The average Bonchev–Trinajstić information content (AvgIpc) is 2.66. The highest BCUT2D eigenvalue weighted by atomic mass is 32.2. The van der Waals surface area contributed by atoms with E-state index in [1.807, 2.05) is 12.1 Å². The number of benzene rings is 2. The Hall–Kier alpha value is -2.87. The average molecular weight is 447 g/mol. The monoisotopic (exact) mass is 446 g/mol. The second-order valence-electron chi connectivity index (χ2n) is 8.36. The summed E-state index contributed by atoms with van der Waals surface area (Å²) in [6.07, 6.45) is 1.06. The molecule has 168 valence electrons. The largest absolute Gasteiger partial charge is 0.462 e. The lowest BCUT2D eigenvalue weighted by Gasteiger charge is -2.24. The fourth-order valence-electron chi connectivity index (χ4n) is 2.95. The van der Waals surface area contributed by atoms with E-state index < -0.39 is 28.4 Å². The van der Waals surface area contributed by atoms with E-state index in [0.29, 0.717) is 16.9 Å². The molecule has 0 aliphatic rings. The fraction of sp³-hybridized carbons (Fsp3) is 0.391. The van der Waals surface area contributed by atoms with Gasteiger partial charge in [-0.1, -0.05) is 39.0 Å². The third-order valence-corrected chi connectivity index (χ3v) is 5.87. The van der Waals surface area contributed by atoms with Gasteiger partial charge in [0.05, 0.1) is 24.1 Å². The summed E-state index contributed by atoms with van der Waals surface area (Å²) < 4.78 is 30.8. The van der Waals surface area contributed by atoms with Crippen LogP contribution in [-0.4, -0.2) is 39.7 Å². The number of rotatable bonds is 7. The summed E-state index contributed by atoms with van der Waals surface area (Å²) in [7, 11) is -3.69. The molecule has 0 spiro atoms. The number of nitrogens with zero attached hydrogens (tertiary/aromatic N) is 1. The second kappa shape index (κ2) is 9.51. The number of esters is 1. The van der Waals surface area contributed by atoms with Crippen LogP contribution in [0.5, 0.6) is 0 Å². The molecule has 0 fully saturated rings. The van der Waals surface area contributed by atoms with Crippen molar-refractivity contribution in [2.24, 2.45) is 0 Å². The van der Waals surface area contributed by atoms with Crippen LogP contribution in [0.2, 0.25) is 0 Å². The highest BCUT2D eigenvalue weighted by Gasteiger charge is 2.22. The minimum absolute atomic E-state index is 0.0761. The summed E-state index contributed by atoms with van der Waals surface area (Å²) in [6, 6.07) is 11.9. The van der Waals surface area contributed by atoms with Crippen molar-refractivity contribution in [2.45, 2.75) is 40.0 Å². The molecular formula is C23H30N2O5S. The Morgan fingerprint density at radius 3 is 2.19 bits per heavy atom. The smallest absolute Gasteiger partial charge is 0.338 e. The van der Waals surface area contributed by atoms with Crippen molar-refractivity contribution >= 4 is 33.3 Å². The van der Waals surface area contributed by atoms with Crippen LogP contribution in [0.15, 0.2) is 42.5 Å². The van der Waals surface area contributed by atoms with Crippen LogP contribution in [-0.2, 0) is 25.0 Å². The molecule has 0 radical (unpaired) electrons. The maximum atomic E-state index is 12.7. The van der Waals surface area contributed by atoms with Gasteiger partial charge in [-0.2, -0.15) is 0 Å². The lowest BCUT2D eigenvalue weighted by atomic mass is 9.87. The fourth-order valence-corrected chi connectivity index (χ4v) is 3.80. The molecule has 31 heavy (non-hydrogen) atoms. The number of anilines is 2. The predicted octanol–water partition coefficient (Wildman–Crippen LogP) is 3.87. The minimum Gasteiger partial charge on any atom is -0.462 e. The molecule has 0 aromatic heterocycles. The van der Waals surface area contributed by atoms with Crippen LogP contribution >= 0.6 is 0 Å². The first-order valence-electron chi connectivity index (χ1n) is 9.99. The SMILES string of the molecule is CCOC(=O)c1ccc(C)c(NC(=O)CN(c2ccc(C(C)(C)C)cc2)S(C)(=O)=O)c1. The van der Waals surface area contributed by atoms with Crippen molar-refractivity contribution in [3.05, 3.63) is 59.2 Å². The zero-order chi connectivity index (χ0) is 23.4. The van der Waals surface area contributed by atoms with Crippen molar-refractivity contribution in [1.82, 2.24) is 0 Å². The second-order valence-corrected chi connectivity index (χ2v) is 10.3. The number of hydrogen-bond acceptors (Lipinski definition) is 5. The predicted molar refractivity (Wildman–Crippen MR) is 123 cm³/mol. The van der Waals surface area contributed by atoms with Gasteiger partial charge in [0.25, 0.3) is 0 Å². The van der Waals surface area contributed by atoms with Gasteiger partial charge < -0.3 is 10.1 Å². The summed E-state index contributed by atoms with van der Waals surface area (Å²) in [5.41, 5.74) is 2.85. The standard InChI is InChI=1S/C23H30N2O5S/c1-7-30-22(27)17-9-8-16(2)20(14-17)24-21(26)15-25(31(6,28)29)19-12-10-18(11-13-19)23(3,4)5/h8-14H,7,15H2,1-6H3,(H,24,26). The van der Waals surface area contributed by atoms with Crippen molar-refractivity contribution in [2.75, 3.05) is 29.0 Å². The van der Waals surface area contributed by atoms with Gasteiger partial charge >= 0.3 is 5.97 Å². The number of carbonyl (C=O) groups excluding carboxylic acids is 2. The van der Waals surface area contributed by atoms with Crippen LogP contribution in [0.4, 0.5) is 11.4 Å². The Kier molecular flexibility index (Phi) is 7.49. The van der Waals surface area contributed by atoms with Crippen LogP contribution < -0.4 is 9.62 Å². The maximum Gasteiger partial charge on any atom is 0.338 e. The van der Waals surface area contributed by atoms with Crippen molar-refractivity contribution < 1.29 is 22.7 Å². The number of ether oxygens (including phenoxy) is 1. The van der Waals surface area contributed by atoms with E-state index in [-0.39, 0.29) is 12.0 Å². The minimum atomic E-state index is -3.69. The number of amides is 1. The topological polar surface area (TPSA) is 92.8 Å². The normalized spacial score (nSPS) is 11.7. The zero-order valence-corrected chi connectivity index (χ0v) is 19.7. The first-order chi connectivity index (χ1) is 14.3. The Morgan fingerprint density at radius 2 is 1.68 bits per heavy atom. The third-order valence-electron chi connectivity index (χ3n) is 4.73. The van der Waals surface area contributed by atoms with Crippen LogP contribution in [0.3, 0.4) is 0 Å². The van der Waals surface area contributed by atoms with Gasteiger partial charge in [0.15, 0.2) is 0 Å². The molecule has 7 nitrogen and oxygen atoms in total. The Labute approximate surface area is 184 Å². The van der Waals surface area contributed by atoms with Gasteiger partial charge in [-0.05, 0) is 54.7 Å². The molecule has 0 aliphatic carbocycles. The third kappa shape index (κ3) is 6.55. The molecule has 0 unspecified atom stereocenters. The first kappa shape index (κ1) is 24.4. The number of carbonyl (C=O) groups is 2. The van der Waals surface area contributed by atoms with Gasteiger partial charge in [-0.25, -0.2) is 13.2 Å². The first-order valence-corrected chi connectivity index (χ1v) is 11.8. The van der Waals surface area contributed by atoms with E-state index in [4.69, 9.17) is 4.74 Å². The maximum absolute atomic E-state index is 12.7. The van der Waals surface area contributed by atoms with Crippen molar-refractivity contribution in [1.29, 1.82) is 0 Å². The molecule has 0 bridgehead atoms. The van der Waals surface area contributed by atoms with E-state index >= 15 is 0 Å². The lowest BCUT2D eigenvalue weighted by molar-refractivity contribution is -0.114. The van der Waals surface area contributed by atoms with Gasteiger partial charge in [0.2, 0.25) is 15.9 Å². The van der Waals surface area contributed by atoms with Gasteiger partial charge in [0.1, 0.15) is 6.54 Å². The summed E-state index contributed by atoms with van der Waals surface area (Å²) in [5, 5.41) is 2.70. The molecule has 0 saturated carbocycles. The lowest BCUT2D eigenvalue weighted by Crippen LogP contribution is -2.37. The van der Waals surface area contributed by atoms with Crippen molar-refractivity contribution in [3.8, 4) is 0 Å². The number of aryl methyl sites for hydroxylation is 1. The molecule has 2 aromatic carbocycles. The van der Waals surface area contributed by atoms with E-state index in [2.05, 4.69) is 26.1 Å². The zero-order valence-electron chi connectivity index (χ0n) is 18.9. The van der Waals surface area contributed by atoms with Crippen LogP contribution in [0.25, 0.3) is 0 Å². The number of sulfonamides is 1. The summed E-state index contributed by atoms with van der Waals surface area (Å²) in [4.78, 5) is 24.7. The molecule has 0 saturated heterocycles. The quantitative estimate of drug-likeness (QED) is 0.652. The molecule has 0 aliphatic heterocycles. The van der Waals surface area contributed by atoms with E-state index in [0.717, 1.165) is 21.7 Å². The molecule has 2 aromatic rings. The highest BCUT2D eigenvalue weighted by molar-refractivity contribution is 7.92. The molecule has 0 heterocycles. The summed E-state index contributed by atoms with van der Waals surface area (Å²) >= 11 is 0. The highest BCUT2D eigenvalue weighted by Crippen LogP contribution is 2.26. The molecule has 1 N–H and O–H groups in total. The number of hydrogen-bond donors (Lipinski definition) is 1. The van der Waals surface area contributed by atoms with E-state index in [1.165, 1.54) is 6.07 Å². The molecule has 1 amide bonds. The van der Waals surface area contributed by atoms with Crippen LogP contribution in [0, 0.1) is 6.92 Å². The summed E-state index contributed by atoms with van der Waals surface area (Å²) in [5.74, 6) is -1.01. The molecular weight excluding hydrogens is 416 g/mol. The number of nitrogens with one attached hydrogen (secondary N) is 1.